The van der Waals surface area contributed by atoms with E-state index in [1.54, 1.807) is 0 Å². The van der Waals surface area contributed by atoms with Gasteiger partial charge in [0, 0.05) is 89.3 Å². The standard InChI is InChI=1S/C21H21N5.C19H26N4O/c1-2-17-13-21-23-18-12-15(16-4-6-20-22-7-9-25(20)14-16)3-5-19(18)26(21)11-10-24(17)8-1;1-2-16-13-19-20-17-12-15(14-21-8-10-24-11-9-21)3-4-18(17)23(19)7-6-22(16)5-1/h3-7,9,12,14,17H,1-2,8,10-11,13H2;3-4,12,16H,1-2,5-11,13-14H2. The van der Waals surface area contributed by atoms with E-state index in [4.69, 9.17) is 14.7 Å². The minimum atomic E-state index is 0.691. The van der Waals surface area contributed by atoms with Crippen molar-refractivity contribution in [1.29, 1.82) is 0 Å². The Hall–Kier alpha value is -4.09. The lowest BCUT2D eigenvalue weighted by Gasteiger charge is -2.26. The molecule has 0 aliphatic carbocycles. The molecule has 0 amide bonds. The molecule has 50 heavy (non-hydrogen) atoms. The van der Waals surface area contributed by atoms with Gasteiger partial charge in [0.2, 0.25) is 0 Å². The van der Waals surface area contributed by atoms with Gasteiger partial charge in [0.15, 0.2) is 0 Å². The third kappa shape index (κ3) is 5.72. The second kappa shape index (κ2) is 12.9. The predicted octanol–water partition coefficient (Wildman–Crippen LogP) is 5.26. The average Bonchev–Trinajstić information content (AvgIpc) is 3.97. The van der Waals surface area contributed by atoms with Gasteiger partial charge in [-0.25, -0.2) is 15.0 Å². The first-order valence-corrected chi connectivity index (χ1v) is 18.9. The van der Waals surface area contributed by atoms with E-state index in [0.717, 1.165) is 82.5 Å². The van der Waals surface area contributed by atoms with Crippen LogP contribution in [0.25, 0.3) is 38.8 Å². The van der Waals surface area contributed by atoms with Crippen LogP contribution in [0.5, 0.6) is 0 Å². The fraction of sp³-hybridized carbons (Fsp3) is 0.475. The Morgan fingerprint density at radius 2 is 1.32 bits per heavy atom. The SMILES string of the molecule is c1cc2c(cc1CN1CCOCC1)nc1n2CCN2CCCC2C1.c1cn2cc(-c3ccc4c(c3)nc3n4CCN4CCCC4C3)ccc2n1. The predicted molar refractivity (Wildman–Crippen MR) is 196 cm³/mol. The minimum absolute atomic E-state index is 0.691. The van der Waals surface area contributed by atoms with E-state index in [2.05, 4.69) is 87.9 Å². The first-order chi connectivity index (χ1) is 24.7. The highest BCUT2D eigenvalue weighted by atomic mass is 16.5. The maximum atomic E-state index is 5.45. The van der Waals surface area contributed by atoms with Gasteiger partial charge >= 0.3 is 0 Å². The Bertz CT molecular complexity index is 2160. The zero-order valence-electron chi connectivity index (χ0n) is 29.0. The molecule has 0 N–H and O–H groups in total. The largest absolute Gasteiger partial charge is 0.379 e. The molecule has 0 saturated carbocycles. The van der Waals surface area contributed by atoms with Crippen LogP contribution in [0.2, 0.25) is 0 Å². The Kier molecular flexibility index (Phi) is 7.93. The summed E-state index contributed by atoms with van der Waals surface area (Å²) in [6.07, 6.45) is 13.5. The van der Waals surface area contributed by atoms with Crippen LogP contribution in [0, 0.1) is 0 Å². The molecule has 9 heterocycles. The van der Waals surface area contributed by atoms with Crippen molar-refractivity contribution in [2.24, 2.45) is 0 Å². The van der Waals surface area contributed by atoms with Crippen LogP contribution >= 0.6 is 0 Å². The molecule has 10 heteroatoms. The van der Waals surface area contributed by atoms with Crippen molar-refractivity contribution in [3.05, 3.63) is 84.3 Å². The number of hydrogen-bond acceptors (Lipinski definition) is 7. The number of rotatable bonds is 3. The highest BCUT2D eigenvalue weighted by Crippen LogP contribution is 2.30. The summed E-state index contributed by atoms with van der Waals surface area (Å²) in [4.78, 5) is 22.2. The van der Waals surface area contributed by atoms with E-state index in [-0.39, 0.29) is 0 Å². The number of imidazole rings is 3. The topological polar surface area (TPSA) is 71.9 Å². The quantitative estimate of drug-likeness (QED) is 0.255. The second-order valence-corrected chi connectivity index (χ2v) is 15.0. The van der Waals surface area contributed by atoms with Crippen LogP contribution in [0.1, 0.15) is 42.9 Å². The summed E-state index contributed by atoms with van der Waals surface area (Å²) >= 11 is 0. The highest BCUT2D eigenvalue weighted by Gasteiger charge is 2.31. The monoisotopic (exact) mass is 669 g/mol. The molecular weight excluding hydrogens is 623 g/mol. The molecule has 0 spiro atoms. The molecule has 3 fully saturated rings. The zero-order valence-corrected chi connectivity index (χ0v) is 29.0. The van der Waals surface area contributed by atoms with Crippen molar-refractivity contribution in [3.63, 3.8) is 0 Å². The number of nitrogens with zero attached hydrogens (tertiary/aromatic N) is 9. The van der Waals surface area contributed by atoms with E-state index in [0.29, 0.717) is 6.04 Å². The normalized spacial score (nSPS) is 22.9. The van der Waals surface area contributed by atoms with Crippen LogP contribution in [0.4, 0.5) is 0 Å². The number of morpholine rings is 1. The molecule has 2 unspecified atom stereocenters. The van der Waals surface area contributed by atoms with Gasteiger partial charge in [-0.1, -0.05) is 12.1 Å². The van der Waals surface area contributed by atoms with Gasteiger partial charge in [0.25, 0.3) is 0 Å². The molecule has 3 saturated heterocycles. The number of aromatic nitrogens is 6. The molecule has 6 aromatic rings. The van der Waals surface area contributed by atoms with Crippen LogP contribution in [-0.2, 0) is 37.2 Å². The van der Waals surface area contributed by atoms with E-state index in [1.807, 2.05) is 12.4 Å². The Morgan fingerprint density at radius 1 is 0.660 bits per heavy atom. The summed E-state index contributed by atoms with van der Waals surface area (Å²) in [5, 5.41) is 0. The summed E-state index contributed by atoms with van der Waals surface area (Å²) in [7, 11) is 0. The molecule has 4 aromatic heterocycles. The van der Waals surface area contributed by atoms with Gasteiger partial charge in [-0.15, -0.1) is 0 Å². The van der Waals surface area contributed by atoms with Crippen molar-refractivity contribution >= 4 is 27.7 Å². The van der Waals surface area contributed by atoms with Crippen molar-refractivity contribution in [3.8, 4) is 11.1 Å². The highest BCUT2D eigenvalue weighted by molar-refractivity contribution is 5.83. The van der Waals surface area contributed by atoms with Crippen LogP contribution < -0.4 is 0 Å². The van der Waals surface area contributed by atoms with Crippen molar-refractivity contribution in [2.45, 2.75) is 70.2 Å². The first kappa shape index (κ1) is 30.7. The Labute approximate surface area is 293 Å². The molecule has 10 nitrogen and oxygen atoms in total. The van der Waals surface area contributed by atoms with Crippen LogP contribution in [0.15, 0.2) is 67.1 Å². The van der Waals surface area contributed by atoms with Gasteiger partial charge in [0.1, 0.15) is 17.3 Å². The van der Waals surface area contributed by atoms with Crippen LogP contribution in [-0.4, -0.2) is 108 Å². The van der Waals surface area contributed by atoms with Crippen molar-refractivity contribution in [2.75, 3.05) is 52.5 Å². The van der Waals surface area contributed by atoms with E-state index in [9.17, 15) is 0 Å². The number of fused-ring (bicyclic) bond motifs is 9. The lowest BCUT2D eigenvalue weighted by atomic mass is 10.1. The smallest absolute Gasteiger partial charge is 0.136 e. The van der Waals surface area contributed by atoms with Crippen molar-refractivity contribution in [1.82, 2.24) is 43.2 Å². The third-order valence-corrected chi connectivity index (χ3v) is 12.0. The number of benzene rings is 2. The summed E-state index contributed by atoms with van der Waals surface area (Å²) in [6.45, 7) is 11.8. The van der Waals surface area contributed by atoms with Gasteiger partial charge in [-0.05, 0) is 91.9 Å². The van der Waals surface area contributed by atoms with Crippen molar-refractivity contribution < 1.29 is 4.74 Å². The fourth-order valence-electron chi connectivity index (χ4n) is 9.32. The van der Waals surface area contributed by atoms with E-state index < -0.39 is 0 Å². The molecule has 0 bridgehead atoms. The van der Waals surface area contributed by atoms with E-state index in [1.165, 1.54) is 90.2 Å². The second-order valence-electron chi connectivity index (χ2n) is 15.0. The lowest BCUT2D eigenvalue weighted by Crippen LogP contribution is -2.35. The average molecular weight is 670 g/mol. The zero-order chi connectivity index (χ0) is 33.0. The number of ether oxygens (including phenoxy) is 1. The minimum Gasteiger partial charge on any atom is -0.379 e. The summed E-state index contributed by atoms with van der Waals surface area (Å²) in [6, 6.07) is 19.2. The van der Waals surface area contributed by atoms with Gasteiger partial charge in [0.05, 0.1) is 35.3 Å². The van der Waals surface area contributed by atoms with Crippen LogP contribution in [0.3, 0.4) is 0 Å². The van der Waals surface area contributed by atoms with Gasteiger partial charge in [-0.3, -0.25) is 14.7 Å². The molecule has 258 valence electrons. The maximum Gasteiger partial charge on any atom is 0.136 e. The molecule has 2 atom stereocenters. The maximum absolute atomic E-state index is 5.45. The number of pyridine rings is 1. The van der Waals surface area contributed by atoms with E-state index >= 15 is 0 Å². The molecule has 11 rings (SSSR count). The Balaban J connectivity index is 0.000000127. The first-order valence-electron chi connectivity index (χ1n) is 18.9. The molecule has 2 aromatic carbocycles. The number of hydrogen-bond donors (Lipinski definition) is 0. The third-order valence-electron chi connectivity index (χ3n) is 12.0. The summed E-state index contributed by atoms with van der Waals surface area (Å²) in [5.74, 6) is 2.56. The molecule has 0 radical (unpaired) electrons. The Morgan fingerprint density at radius 3 is 2.04 bits per heavy atom. The molecule has 5 aliphatic heterocycles. The summed E-state index contributed by atoms with van der Waals surface area (Å²) < 4.78 is 12.4. The van der Waals surface area contributed by atoms with Gasteiger partial charge in [-0.2, -0.15) is 0 Å². The van der Waals surface area contributed by atoms with Gasteiger partial charge < -0.3 is 18.3 Å². The summed E-state index contributed by atoms with van der Waals surface area (Å²) in [5.41, 5.74) is 9.65. The molecular formula is C40H47N9O. The molecule has 5 aliphatic rings. The lowest BCUT2D eigenvalue weighted by molar-refractivity contribution is 0.0342. The fourth-order valence-corrected chi connectivity index (χ4v) is 9.32.